The Morgan fingerprint density at radius 3 is 2.48 bits per heavy atom. The van der Waals surface area contributed by atoms with E-state index in [1.54, 1.807) is 23.1 Å². The van der Waals surface area contributed by atoms with E-state index in [9.17, 15) is 14.4 Å². The number of carbonyl (C=O) groups is 3. The minimum Gasteiger partial charge on any atom is -0.325 e. The summed E-state index contributed by atoms with van der Waals surface area (Å²) in [7, 11) is 0. The number of amides is 4. The number of aryl methyl sites for hydroxylation is 1. The van der Waals surface area contributed by atoms with Gasteiger partial charge in [0.2, 0.25) is 5.91 Å². The van der Waals surface area contributed by atoms with Crippen LogP contribution in [0.4, 0.5) is 16.2 Å². The number of rotatable bonds is 5. The smallest absolute Gasteiger partial charge is 0.325 e. The fourth-order valence-corrected chi connectivity index (χ4v) is 4.28. The highest BCUT2D eigenvalue weighted by Gasteiger charge is 2.41. The van der Waals surface area contributed by atoms with Crippen LogP contribution in [0.25, 0.3) is 0 Å². The van der Waals surface area contributed by atoms with Crippen LogP contribution in [0.2, 0.25) is 5.02 Å². The van der Waals surface area contributed by atoms with Gasteiger partial charge in [0.1, 0.15) is 6.54 Å². The molecule has 2 heterocycles. The first-order valence-electron chi connectivity index (χ1n) is 10.4. The molecule has 1 N–H and O–H groups in total. The molecule has 0 atom stereocenters. The number of piperidine rings is 1. The Hall–Kier alpha value is -2.90. The number of likely N-dealkylation sites (tertiary alicyclic amines) is 1. The van der Waals surface area contributed by atoms with Gasteiger partial charge in [0.15, 0.2) is 0 Å². The minimum atomic E-state index is -0.261. The molecule has 0 aromatic heterocycles. The number of urea groups is 1. The largest absolute Gasteiger partial charge is 0.332 e. The van der Waals surface area contributed by atoms with E-state index in [0.717, 1.165) is 18.4 Å². The number of halogens is 1. The molecular formula is C23H25ClN4O3. The van der Waals surface area contributed by atoms with Crippen molar-refractivity contribution in [2.24, 2.45) is 0 Å². The molecule has 162 valence electrons. The number of anilines is 2. The highest BCUT2D eigenvalue weighted by molar-refractivity contribution is 6.31. The molecule has 0 aliphatic carbocycles. The standard InChI is InChI=1S/C23H25ClN4O3/c1-16-7-8-17(13-20(16)24)25-21(29)14-26-11-9-18(10-12-26)27-15-22(30)28(23(27)31)19-5-3-2-4-6-19/h2-8,13,18H,9-12,14-15H2,1H3,(H,25,29). The fraction of sp³-hybridized carbons (Fsp3) is 0.348. The second-order valence-electron chi connectivity index (χ2n) is 7.99. The van der Waals surface area contributed by atoms with Crippen molar-refractivity contribution < 1.29 is 14.4 Å². The maximum absolute atomic E-state index is 12.9. The van der Waals surface area contributed by atoms with Crippen LogP contribution in [0.3, 0.4) is 0 Å². The van der Waals surface area contributed by atoms with Crippen molar-refractivity contribution >= 4 is 40.8 Å². The van der Waals surface area contributed by atoms with E-state index < -0.39 is 0 Å². The van der Waals surface area contributed by atoms with Gasteiger partial charge in [0, 0.05) is 29.8 Å². The normalized spacial score (nSPS) is 18.0. The van der Waals surface area contributed by atoms with E-state index >= 15 is 0 Å². The minimum absolute atomic E-state index is 0.000351. The van der Waals surface area contributed by atoms with E-state index in [-0.39, 0.29) is 37.0 Å². The van der Waals surface area contributed by atoms with Gasteiger partial charge >= 0.3 is 6.03 Å². The molecule has 8 heteroatoms. The lowest BCUT2D eigenvalue weighted by Gasteiger charge is -2.35. The van der Waals surface area contributed by atoms with Gasteiger partial charge in [-0.25, -0.2) is 9.69 Å². The molecule has 2 fully saturated rings. The molecule has 2 aliphatic heterocycles. The molecule has 0 bridgehead atoms. The summed E-state index contributed by atoms with van der Waals surface area (Å²) in [6, 6.07) is 14.2. The maximum atomic E-state index is 12.9. The summed E-state index contributed by atoms with van der Waals surface area (Å²) in [4.78, 5) is 42.7. The topological polar surface area (TPSA) is 73.0 Å². The first kappa shape index (κ1) is 21.3. The van der Waals surface area contributed by atoms with Crippen molar-refractivity contribution in [2.45, 2.75) is 25.8 Å². The maximum Gasteiger partial charge on any atom is 0.332 e. The van der Waals surface area contributed by atoms with E-state index in [1.807, 2.05) is 37.3 Å². The van der Waals surface area contributed by atoms with Gasteiger partial charge in [0.05, 0.1) is 12.2 Å². The molecule has 2 aliphatic rings. The monoisotopic (exact) mass is 440 g/mol. The molecule has 2 aromatic rings. The van der Waals surface area contributed by atoms with Crippen LogP contribution in [0.5, 0.6) is 0 Å². The SMILES string of the molecule is Cc1ccc(NC(=O)CN2CCC(N3CC(=O)N(c4ccccc4)C3=O)CC2)cc1Cl. The predicted octanol–water partition coefficient (Wildman–Crippen LogP) is 3.52. The third-order valence-electron chi connectivity index (χ3n) is 5.83. The molecule has 0 saturated carbocycles. The summed E-state index contributed by atoms with van der Waals surface area (Å²) in [6.45, 7) is 3.68. The van der Waals surface area contributed by atoms with E-state index in [4.69, 9.17) is 11.6 Å². The van der Waals surface area contributed by atoms with Crippen molar-refractivity contribution in [1.29, 1.82) is 0 Å². The lowest BCUT2D eigenvalue weighted by molar-refractivity contribution is -0.117. The van der Waals surface area contributed by atoms with Gasteiger partial charge in [-0.2, -0.15) is 0 Å². The lowest BCUT2D eigenvalue weighted by Crippen LogP contribution is -2.48. The summed E-state index contributed by atoms with van der Waals surface area (Å²) in [5, 5.41) is 3.50. The summed E-state index contributed by atoms with van der Waals surface area (Å²) < 4.78 is 0. The first-order valence-corrected chi connectivity index (χ1v) is 10.8. The molecule has 0 spiro atoms. The highest BCUT2D eigenvalue weighted by atomic mass is 35.5. The summed E-state index contributed by atoms with van der Waals surface area (Å²) in [5.41, 5.74) is 2.24. The van der Waals surface area contributed by atoms with Crippen LogP contribution in [0.15, 0.2) is 48.5 Å². The Morgan fingerprint density at radius 1 is 1.10 bits per heavy atom. The summed E-state index contributed by atoms with van der Waals surface area (Å²) >= 11 is 6.12. The first-order chi connectivity index (χ1) is 14.9. The van der Waals surface area contributed by atoms with Crippen molar-refractivity contribution in [3.63, 3.8) is 0 Å². The fourth-order valence-electron chi connectivity index (χ4n) is 4.10. The highest BCUT2D eigenvalue weighted by Crippen LogP contribution is 2.26. The van der Waals surface area contributed by atoms with Gasteiger partial charge in [-0.15, -0.1) is 0 Å². The average Bonchev–Trinajstić information content (AvgIpc) is 3.06. The van der Waals surface area contributed by atoms with Crippen LogP contribution in [-0.4, -0.2) is 59.9 Å². The van der Waals surface area contributed by atoms with Crippen LogP contribution < -0.4 is 10.2 Å². The zero-order valence-electron chi connectivity index (χ0n) is 17.4. The molecule has 2 aromatic carbocycles. The summed E-state index contributed by atoms with van der Waals surface area (Å²) in [5.74, 6) is -0.296. The van der Waals surface area contributed by atoms with E-state index in [0.29, 0.717) is 29.5 Å². The predicted molar refractivity (Wildman–Crippen MR) is 120 cm³/mol. The average molecular weight is 441 g/mol. The van der Waals surface area contributed by atoms with Gasteiger partial charge in [-0.1, -0.05) is 35.9 Å². The van der Waals surface area contributed by atoms with Gasteiger partial charge < -0.3 is 10.2 Å². The van der Waals surface area contributed by atoms with Crippen molar-refractivity contribution in [2.75, 3.05) is 36.4 Å². The van der Waals surface area contributed by atoms with Crippen LogP contribution >= 0.6 is 11.6 Å². The molecular weight excluding hydrogens is 416 g/mol. The van der Waals surface area contributed by atoms with Crippen LogP contribution in [0.1, 0.15) is 18.4 Å². The molecule has 0 radical (unpaired) electrons. The third kappa shape index (κ3) is 4.73. The van der Waals surface area contributed by atoms with Gasteiger partial charge in [-0.05, 0) is 49.6 Å². The number of hydrogen-bond acceptors (Lipinski definition) is 4. The van der Waals surface area contributed by atoms with Crippen molar-refractivity contribution in [3.05, 3.63) is 59.1 Å². The summed E-state index contributed by atoms with van der Waals surface area (Å²) in [6.07, 6.45) is 1.45. The second kappa shape index (κ2) is 9.08. The molecule has 4 rings (SSSR count). The van der Waals surface area contributed by atoms with Gasteiger partial charge in [0.25, 0.3) is 5.91 Å². The number of benzene rings is 2. The number of imide groups is 1. The Kier molecular flexibility index (Phi) is 6.25. The van der Waals surface area contributed by atoms with Crippen molar-refractivity contribution in [1.82, 2.24) is 9.80 Å². The molecule has 7 nitrogen and oxygen atoms in total. The zero-order valence-corrected chi connectivity index (χ0v) is 18.1. The molecule has 31 heavy (non-hydrogen) atoms. The number of nitrogens with zero attached hydrogens (tertiary/aromatic N) is 3. The van der Waals surface area contributed by atoms with Crippen molar-refractivity contribution in [3.8, 4) is 0 Å². The quantitative estimate of drug-likeness (QED) is 0.722. The van der Waals surface area contributed by atoms with E-state index in [2.05, 4.69) is 10.2 Å². The van der Waals surface area contributed by atoms with Crippen LogP contribution in [-0.2, 0) is 9.59 Å². The Bertz CT molecular complexity index is 990. The number of para-hydroxylation sites is 1. The van der Waals surface area contributed by atoms with Gasteiger partial charge in [-0.3, -0.25) is 14.5 Å². The molecule has 4 amide bonds. The molecule has 2 saturated heterocycles. The molecule has 0 unspecified atom stereocenters. The number of hydrogen-bond donors (Lipinski definition) is 1. The number of carbonyl (C=O) groups excluding carboxylic acids is 3. The Morgan fingerprint density at radius 2 is 1.81 bits per heavy atom. The lowest BCUT2D eigenvalue weighted by atomic mass is 10.0. The zero-order chi connectivity index (χ0) is 22.0. The van der Waals surface area contributed by atoms with E-state index in [1.165, 1.54) is 4.90 Å². The number of nitrogens with one attached hydrogen (secondary N) is 1. The Labute approximate surface area is 186 Å². The third-order valence-corrected chi connectivity index (χ3v) is 6.23. The Balaban J connectivity index is 1.29. The van der Waals surface area contributed by atoms with Crippen LogP contribution in [0, 0.1) is 6.92 Å². The second-order valence-corrected chi connectivity index (χ2v) is 8.40.